The molecule has 1 aliphatic rings. The summed E-state index contributed by atoms with van der Waals surface area (Å²) in [5, 5.41) is 0. The van der Waals surface area contributed by atoms with Gasteiger partial charge in [-0.1, -0.05) is 12.8 Å². The Morgan fingerprint density at radius 3 is 2.93 bits per heavy atom. The van der Waals surface area contributed by atoms with E-state index >= 15 is 0 Å². The molecule has 0 amide bonds. The van der Waals surface area contributed by atoms with Crippen molar-refractivity contribution < 1.29 is 0 Å². The minimum Gasteiger partial charge on any atom is -0.324 e. The molecule has 3 heteroatoms. The zero-order chi connectivity index (χ0) is 10.1. The molecule has 0 bridgehead atoms. The number of pyridine rings is 1. The summed E-state index contributed by atoms with van der Waals surface area (Å²) in [4.78, 5) is 4.17. The predicted octanol–water partition coefficient (Wildman–Crippen LogP) is 2.95. The van der Waals surface area contributed by atoms with Crippen LogP contribution in [0.25, 0.3) is 0 Å². The largest absolute Gasteiger partial charge is 0.324 e. The van der Waals surface area contributed by atoms with Gasteiger partial charge in [0, 0.05) is 22.9 Å². The van der Waals surface area contributed by atoms with Gasteiger partial charge in [0.25, 0.3) is 0 Å². The van der Waals surface area contributed by atoms with Gasteiger partial charge >= 0.3 is 0 Å². The van der Waals surface area contributed by atoms with E-state index in [4.69, 9.17) is 5.73 Å². The highest BCUT2D eigenvalue weighted by atomic mass is 79.9. The maximum absolute atomic E-state index is 6.14. The lowest BCUT2D eigenvalue weighted by atomic mass is 10.00. The Labute approximate surface area is 93.0 Å². The highest BCUT2D eigenvalue weighted by Gasteiger charge is 2.25. The Hall–Kier alpha value is -0.410. The molecule has 2 rings (SSSR count). The van der Waals surface area contributed by atoms with Crippen LogP contribution in [0.15, 0.2) is 16.9 Å². The molecule has 2 N–H and O–H groups in total. The van der Waals surface area contributed by atoms with E-state index in [1.165, 1.54) is 24.0 Å². The molecule has 0 unspecified atom stereocenters. The van der Waals surface area contributed by atoms with Gasteiger partial charge in [-0.2, -0.15) is 0 Å². The van der Waals surface area contributed by atoms with Gasteiger partial charge in [0.05, 0.1) is 0 Å². The Morgan fingerprint density at radius 2 is 2.29 bits per heavy atom. The third-order valence-electron chi connectivity index (χ3n) is 2.88. The summed E-state index contributed by atoms with van der Waals surface area (Å²) in [6.45, 7) is 2.09. The van der Waals surface area contributed by atoms with E-state index < -0.39 is 0 Å². The molecule has 1 fully saturated rings. The first-order valence-electron chi connectivity index (χ1n) is 5.04. The van der Waals surface area contributed by atoms with Crippen LogP contribution in [-0.2, 0) is 0 Å². The maximum Gasteiger partial charge on any atom is 0.0413 e. The first-order valence-corrected chi connectivity index (χ1v) is 5.83. The summed E-state index contributed by atoms with van der Waals surface area (Å²) in [5.41, 5.74) is 8.56. The normalized spacial score (nSPS) is 18.2. The van der Waals surface area contributed by atoms with Crippen LogP contribution in [0.1, 0.15) is 36.4 Å². The lowest BCUT2D eigenvalue weighted by molar-refractivity contribution is 0.592. The smallest absolute Gasteiger partial charge is 0.0413 e. The monoisotopic (exact) mass is 254 g/mol. The van der Waals surface area contributed by atoms with Crippen molar-refractivity contribution in [1.29, 1.82) is 0 Å². The van der Waals surface area contributed by atoms with Crippen LogP contribution in [0.3, 0.4) is 0 Å². The van der Waals surface area contributed by atoms with Gasteiger partial charge in [0.2, 0.25) is 0 Å². The number of hydrogen-bond donors (Lipinski definition) is 1. The fourth-order valence-electron chi connectivity index (χ4n) is 1.73. The summed E-state index contributed by atoms with van der Waals surface area (Å²) in [7, 11) is 0. The van der Waals surface area contributed by atoms with Crippen LogP contribution < -0.4 is 5.73 Å². The predicted molar refractivity (Wildman–Crippen MR) is 60.9 cm³/mol. The molecule has 0 spiro atoms. The first kappa shape index (κ1) is 10.1. The van der Waals surface area contributed by atoms with Crippen molar-refractivity contribution >= 4 is 15.9 Å². The molecule has 1 aliphatic carbocycles. The summed E-state index contributed by atoms with van der Waals surface area (Å²) in [5.74, 6) is 0.864. The van der Waals surface area contributed by atoms with E-state index in [1.54, 1.807) is 0 Å². The number of aromatic nitrogens is 1. The van der Waals surface area contributed by atoms with Crippen molar-refractivity contribution in [3.63, 3.8) is 0 Å². The average molecular weight is 255 g/mol. The van der Waals surface area contributed by atoms with E-state index in [-0.39, 0.29) is 6.04 Å². The molecule has 1 saturated carbocycles. The fourth-order valence-corrected chi connectivity index (χ4v) is 2.08. The van der Waals surface area contributed by atoms with Gasteiger partial charge in [-0.25, -0.2) is 0 Å². The molecule has 1 aromatic heterocycles. The van der Waals surface area contributed by atoms with E-state index in [1.807, 2.05) is 12.4 Å². The molecule has 1 heterocycles. The van der Waals surface area contributed by atoms with Gasteiger partial charge in [-0.3, -0.25) is 4.98 Å². The highest BCUT2D eigenvalue weighted by molar-refractivity contribution is 9.10. The molecule has 76 valence electrons. The van der Waals surface area contributed by atoms with Gasteiger partial charge in [-0.05, 0) is 46.3 Å². The van der Waals surface area contributed by atoms with Gasteiger partial charge in [0.15, 0.2) is 0 Å². The molecular formula is C11H15BrN2. The summed E-state index contributed by atoms with van der Waals surface area (Å²) >= 11 is 3.48. The van der Waals surface area contributed by atoms with Crippen LogP contribution in [0.2, 0.25) is 0 Å². The second-order valence-electron chi connectivity index (χ2n) is 4.12. The fraction of sp³-hybridized carbons (Fsp3) is 0.545. The quantitative estimate of drug-likeness (QED) is 0.901. The number of halogens is 1. The zero-order valence-corrected chi connectivity index (χ0v) is 9.92. The molecule has 0 aliphatic heterocycles. The van der Waals surface area contributed by atoms with Gasteiger partial charge in [0.1, 0.15) is 0 Å². The molecule has 14 heavy (non-hydrogen) atoms. The van der Waals surface area contributed by atoms with Gasteiger partial charge < -0.3 is 5.73 Å². The van der Waals surface area contributed by atoms with Gasteiger partial charge in [-0.15, -0.1) is 0 Å². The van der Waals surface area contributed by atoms with Crippen LogP contribution in [-0.4, -0.2) is 4.98 Å². The Kier molecular flexibility index (Phi) is 2.88. The second kappa shape index (κ2) is 3.99. The first-order chi connectivity index (χ1) is 6.68. The van der Waals surface area contributed by atoms with Crippen molar-refractivity contribution in [3.8, 4) is 0 Å². The molecule has 1 aromatic rings. The summed E-state index contributed by atoms with van der Waals surface area (Å²) < 4.78 is 1.06. The standard InChI is InChI=1S/C11H15BrN2/c1-7-9(5-14-6-10(7)12)11(13)4-8-2-3-8/h5-6,8,11H,2-4,13H2,1H3/t11-/m1/s1. The number of nitrogens with two attached hydrogens (primary N) is 1. The Balaban J connectivity index is 2.16. The molecular weight excluding hydrogens is 240 g/mol. The van der Waals surface area contributed by atoms with Crippen molar-refractivity contribution in [3.05, 3.63) is 28.0 Å². The molecule has 0 aromatic carbocycles. The third-order valence-corrected chi connectivity index (χ3v) is 3.68. The van der Waals surface area contributed by atoms with Crippen molar-refractivity contribution in [2.75, 3.05) is 0 Å². The third kappa shape index (κ3) is 2.15. The minimum atomic E-state index is 0.160. The number of rotatable bonds is 3. The van der Waals surface area contributed by atoms with E-state index in [2.05, 4.69) is 27.8 Å². The molecule has 0 radical (unpaired) electrons. The Morgan fingerprint density at radius 1 is 1.57 bits per heavy atom. The van der Waals surface area contributed by atoms with Crippen molar-refractivity contribution in [2.24, 2.45) is 11.7 Å². The topological polar surface area (TPSA) is 38.9 Å². The summed E-state index contributed by atoms with van der Waals surface area (Å²) in [6, 6.07) is 0.160. The highest BCUT2D eigenvalue weighted by Crippen LogP contribution is 2.37. The van der Waals surface area contributed by atoms with E-state index in [0.29, 0.717) is 0 Å². The van der Waals surface area contributed by atoms with Crippen LogP contribution in [0.4, 0.5) is 0 Å². The lowest BCUT2D eigenvalue weighted by Gasteiger charge is -2.14. The maximum atomic E-state index is 6.14. The number of hydrogen-bond acceptors (Lipinski definition) is 2. The van der Waals surface area contributed by atoms with Crippen molar-refractivity contribution in [2.45, 2.75) is 32.2 Å². The molecule has 0 saturated heterocycles. The molecule has 1 atom stereocenters. The molecule has 2 nitrogen and oxygen atoms in total. The Bertz CT molecular complexity index is 334. The van der Waals surface area contributed by atoms with E-state index in [9.17, 15) is 0 Å². The lowest BCUT2D eigenvalue weighted by Crippen LogP contribution is -2.13. The van der Waals surface area contributed by atoms with Crippen LogP contribution in [0.5, 0.6) is 0 Å². The minimum absolute atomic E-state index is 0.160. The number of nitrogens with zero attached hydrogens (tertiary/aromatic N) is 1. The second-order valence-corrected chi connectivity index (χ2v) is 4.98. The van der Waals surface area contributed by atoms with Crippen molar-refractivity contribution in [1.82, 2.24) is 4.98 Å². The average Bonchev–Trinajstić information content (AvgIpc) is 2.93. The summed E-state index contributed by atoms with van der Waals surface area (Å²) in [6.07, 6.45) is 7.54. The van der Waals surface area contributed by atoms with E-state index in [0.717, 1.165) is 16.8 Å². The zero-order valence-electron chi connectivity index (χ0n) is 8.33. The SMILES string of the molecule is Cc1c(Br)cncc1[C@H](N)CC1CC1. The van der Waals surface area contributed by atoms with Crippen LogP contribution >= 0.6 is 15.9 Å². The van der Waals surface area contributed by atoms with Crippen LogP contribution in [0, 0.1) is 12.8 Å².